The average Bonchev–Trinajstić information content (AvgIpc) is 3.07. The summed E-state index contributed by atoms with van der Waals surface area (Å²) in [5, 5.41) is 3.27. The lowest BCUT2D eigenvalue weighted by Gasteiger charge is -2.17. The van der Waals surface area contributed by atoms with Crippen molar-refractivity contribution in [3.05, 3.63) is 56.4 Å². The first-order valence-corrected chi connectivity index (χ1v) is 11.0. The van der Waals surface area contributed by atoms with E-state index in [1.165, 1.54) is 10.9 Å². The van der Waals surface area contributed by atoms with Gasteiger partial charge in [-0.15, -0.1) is 11.3 Å². The number of benzene rings is 1. The Morgan fingerprint density at radius 2 is 1.94 bits per heavy atom. The van der Waals surface area contributed by atoms with Gasteiger partial charge in [-0.2, -0.15) is 0 Å². The second-order valence-electron chi connectivity index (χ2n) is 7.80. The molecule has 1 amide bonds. The molecule has 0 saturated carbocycles. The molecule has 2 atom stereocenters. The lowest BCUT2D eigenvalue weighted by Crippen LogP contribution is -2.31. The van der Waals surface area contributed by atoms with Crippen molar-refractivity contribution in [2.24, 2.45) is 0 Å². The number of hydrogen-bond donors (Lipinski definition) is 1. The highest BCUT2D eigenvalue weighted by atomic mass is 32.1. The number of nitrogens with one attached hydrogen (secondary N) is 1. The third-order valence-electron chi connectivity index (χ3n) is 5.36. The minimum absolute atomic E-state index is 0.231. The summed E-state index contributed by atoms with van der Waals surface area (Å²) in [5.41, 5.74) is 2.98. The van der Waals surface area contributed by atoms with Crippen LogP contribution in [0.1, 0.15) is 59.6 Å². The van der Waals surface area contributed by atoms with E-state index in [1.807, 2.05) is 39.0 Å². The molecule has 0 aliphatic rings. The molecule has 8 heteroatoms. The molecule has 0 unspecified atom stereocenters. The molecule has 0 aliphatic carbocycles. The fourth-order valence-electron chi connectivity index (χ4n) is 3.26. The van der Waals surface area contributed by atoms with Crippen LogP contribution in [0.15, 0.2) is 29.3 Å². The molecule has 0 radical (unpaired) electrons. The number of ether oxygens (including phenoxy) is 1. The van der Waals surface area contributed by atoms with Crippen LogP contribution in [0.5, 0.6) is 0 Å². The molecular weight excluding hydrogens is 414 g/mol. The van der Waals surface area contributed by atoms with Crippen molar-refractivity contribution in [2.75, 3.05) is 5.32 Å². The molecule has 0 bridgehead atoms. The van der Waals surface area contributed by atoms with Gasteiger partial charge in [-0.05, 0) is 58.2 Å². The average molecular weight is 442 g/mol. The molecule has 164 valence electrons. The van der Waals surface area contributed by atoms with Crippen LogP contribution in [0.4, 0.5) is 5.69 Å². The summed E-state index contributed by atoms with van der Waals surface area (Å²) in [6.45, 7) is 11.0. The molecule has 0 aliphatic heterocycles. The van der Waals surface area contributed by atoms with Crippen LogP contribution < -0.4 is 10.9 Å². The molecule has 31 heavy (non-hydrogen) atoms. The summed E-state index contributed by atoms with van der Waals surface area (Å²) in [6, 6.07) is 4.97. The fourth-order valence-corrected chi connectivity index (χ4v) is 4.29. The van der Waals surface area contributed by atoms with Crippen molar-refractivity contribution in [2.45, 2.75) is 60.1 Å². The Kier molecular flexibility index (Phi) is 6.59. The summed E-state index contributed by atoms with van der Waals surface area (Å²) in [5.74, 6) is -0.777. The zero-order chi connectivity index (χ0) is 22.9. The predicted octanol–water partition coefficient (Wildman–Crippen LogP) is 4.54. The molecule has 1 aromatic carbocycles. The third-order valence-corrected chi connectivity index (χ3v) is 6.56. The molecule has 3 rings (SSSR count). The fraction of sp³-hybridized carbons (Fsp3) is 0.391. The van der Waals surface area contributed by atoms with Crippen LogP contribution in [0, 0.1) is 20.8 Å². The lowest BCUT2D eigenvalue weighted by molar-refractivity contribution is -0.152. The topological polar surface area (TPSA) is 90.3 Å². The molecule has 7 nitrogen and oxygen atoms in total. The number of carbonyl (C=O) groups is 2. The van der Waals surface area contributed by atoms with Gasteiger partial charge in [-0.1, -0.05) is 24.6 Å². The van der Waals surface area contributed by atoms with Gasteiger partial charge < -0.3 is 10.1 Å². The number of fused-ring (bicyclic) bond motifs is 1. The maximum atomic E-state index is 13.1. The Morgan fingerprint density at radius 3 is 2.58 bits per heavy atom. The van der Waals surface area contributed by atoms with Gasteiger partial charge in [-0.3, -0.25) is 14.2 Å². The quantitative estimate of drug-likeness (QED) is 0.567. The number of rotatable bonds is 6. The number of aromatic nitrogens is 2. The summed E-state index contributed by atoms with van der Waals surface area (Å²) < 4.78 is 6.62. The zero-order valence-corrected chi connectivity index (χ0v) is 19.4. The van der Waals surface area contributed by atoms with Crippen LogP contribution >= 0.6 is 11.3 Å². The molecule has 1 N–H and O–H groups in total. The SMILES string of the molecule is CC[C@H](C)OC(=O)[C@H](C)n1cnc2sc(C(=O)Nc3ccc(C)cc3C)c(C)c2c1=O. The zero-order valence-electron chi connectivity index (χ0n) is 18.6. The Bertz CT molecular complexity index is 1210. The Morgan fingerprint density at radius 1 is 1.23 bits per heavy atom. The minimum Gasteiger partial charge on any atom is -0.461 e. The number of amides is 1. The molecule has 2 aromatic heterocycles. The smallest absolute Gasteiger partial charge is 0.329 e. The first-order valence-electron chi connectivity index (χ1n) is 10.2. The van der Waals surface area contributed by atoms with Crippen LogP contribution in [0.25, 0.3) is 10.2 Å². The largest absolute Gasteiger partial charge is 0.461 e. The summed E-state index contributed by atoms with van der Waals surface area (Å²) in [4.78, 5) is 43.7. The van der Waals surface area contributed by atoms with Gasteiger partial charge in [0.05, 0.1) is 22.7 Å². The summed E-state index contributed by atoms with van der Waals surface area (Å²) in [6.07, 6.45) is 1.80. The van der Waals surface area contributed by atoms with Gasteiger partial charge >= 0.3 is 5.97 Å². The Hall–Kier alpha value is -3.00. The van der Waals surface area contributed by atoms with E-state index >= 15 is 0 Å². The maximum Gasteiger partial charge on any atom is 0.329 e. The van der Waals surface area contributed by atoms with Crippen molar-refractivity contribution >= 4 is 39.1 Å². The number of anilines is 1. The Balaban J connectivity index is 1.95. The van der Waals surface area contributed by atoms with Crippen LogP contribution in [-0.2, 0) is 9.53 Å². The molecular formula is C23H27N3O4S. The highest BCUT2D eigenvalue weighted by Gasteiger charge is 2.24. The molecule has 0 saturated heterocycles. The summed E-state index contributed by atoms with van der Waals surface area (Å²) in [7, 11) is 0. The van der Waals surface area contributed by atoms with E-state index in [0.29, 0.717) is 27.1 Å². The first kappa shape index (κ1) is 22.7. The third kappa shape index (κ3) is 4.54. The normalized spacial score (nSPS) is 13.1. The highest BCUT2D eigenvalue weighted by Crippen LogP contribution is 2.28. The van der Waals surface area contributed by atoms with Gasteiger partial charge in [0, 0.05) is 5.69 Å². The van der Waals surface area contributed by atoms with Gasteiger partial charge in [0.25, 0.3) is 11.5 Å². The minimum atomic E-state index is -0.815. The number of thiophene rings is 1. The van der Waals surface area contributed by atoms with Gasteiger partial charge in [0.1, 0.15) is 10.9 Å². The van der Waals surface area contributed by atoms with Crippen molar-refractivity contribution in [3.8, 4) is 0 Å². The van der Waals surface area contributed by atoms with E-state index in [9.17, 15) is 14.4 Å². The van der Waals surface area contributed by atoms with E-state index in [0.717, 1.165) is 28.2 Å². The number of aryl methyl sites for hydroxylation is 3. The van der Waals surface area contributed by atoms with Gasteiger partial charge in [0.2, 0.25) is 0 Å². The molecule has 0 spiro atoms. The molecule has 3 aromatic rings. The second kappa shape index (κ2) is 9.01. The van der Waals surface area contributed by atoms with Gasteiger partial charge in [0.15, 0.2) is 0 Å². The van der Waals surface area contributed by atoms with Crippen molar-refractivity contribution in [1.29, 1.82) is 0 Å². The second-order valence-corrected chi connectivity index (χ2v) is 8.80. The van der Waals surface area contributed by atoms with Crippen LogP contribution in [0.3, 0.4) is 0 Å². The van der Waals surface area contributed by atoms with Crippen LogP contribution in [-0.4, -0.2) is 27.5 Å². The van der Waals surface area contributed by atoms with Crippen molar-refractivity contribution < 1.29 is 14.3 Å². The van der Waals surface area contributed by atoms with Crippen molar-refractivity contribution in [1.82, 2.24) is 9.55 Å². The lowest BCUT2D eigenvalue weighted by atomic mass is 10.1. The predicted molar refractivity (Wildman–Crippen MR) is 123 cm³/mol. The van der Waals surface area contributed by atoms with E-state index < -0.39 is 12.0 Å². The van der Waals surface area contributed by atoms with Crippen molar-refractivity contribution in [3.63, 3.8) is 0 Å². The first-order chi connectivity index (χ1) is 14.6. The Labute approximate surface area is 185 Å². The molecule has 2 heterocycles. The number of hydrogen-bond acceptors (Lipinski definition) is 6. The van der Waals surface area contributed by atoms with E-state index in [1.54, 1.807) is 20.8 Å². The monoisotopic (exact) mass is 441 g/mol. The number of nitrogens with zero attached hydrogens (tertiary/aromatic N) is 2. The van der Waals surface area contributed by atoms with E-state index in [2.05, 4.69) is 10.3 Å². The maximum absolute atomic E-state index is 13.1. The van der Waals surface area contributed by atoms with Crippen LogP contribution in [0.2, 0.25) is 0 Å². The van der Waals surface area contributed by atoms with E-state index in [4.69, 9.17) is 4.74 Å². The highest BCUT2D eigenvalue weighted by molar-refractivity contribution is 7.20. The van der Waals surface area contributed by atoms with Gasteiger partial charge in [-0.25, -0.2) is 9.78 Å². The number of esters is 1. The standard InChI is InChI=1S/C23H27N3O4S/c1-7-14(4)30-23(29)16(6)26-11-24-21-18(22(26)28)15(5)19(31-21)20(27)25-17-9-8-12(2)10-13(17)3/h8-11,14,16H,7H2,1-6H3,(H,25,27)/t14-,16-/m0/s1. The number of carbonyl (C=O) groups excluding carboxylic acids is 2. The molecule has 0 fully saturated rings. The van der Waals surface area contributed by atoms with E-state index in [-0.39, 0.29) is 17.6 Å². The summed E-state index contributed by atoms with van der Waals surface area (Å²) >= 11 is 1.16.